The molecule has 3 N–H and O–H groups in total. The fourth-order valence-electron chi connectivity index (χ4n) is 6.63. The average Bonchev–Trinajstić information content (AvgIpc) is 3.87. The first kappa shape index (κ1) is 41.6. The zero-order valence-electron chi connectivity index (χ0n) is 31.0. The van der Waals surface area contributed by atoms with Gasteiger partial charge in [0.25, 0.3) is 5.91 Å². The number of carbonyl (C=O) groups is 4. The van der Waals surface area contributed by atoms with Gasteiger partial charge in [-0.25, -0.2) is 26.6 Å². The van der Waals surface area contributed by atoms with E-state index in [1.54, 1.807) is 32.9 Å². The minimum atomic E-state index is -3.98. The highest BCUT2D eigenvalue weighted by molar-refractivity contribution is 14.1. The van der Waals surface area contributed by atoms with E-state index in [9.17, 15) is 36.0 Å². The molecule has 1 aliphatic carbocycles. The van der Waals surface area contributed by atoms with Crippen molar-refractivity contribution in [2.45, 2.75) is 110 Å². The molecule has 2 aromatic rings. The Morgan fingerprint density at radius 2 is 1.80 bits per heavy atom. The van der Waals surface area contributed by atoms with Crippen LogP contribution < -0.4 is 20.1 Å². The fraction of sp³-hybridized carbons (Fsp3) is 0.583. The molecule has 15 nitrogen and oxygen atoms in total. The van der Waals surface area contributed by atoms with Crippen LogP contribution in [0.4, 0.5) is 4.79 Å². The average molecular weight is 902 g/mol. The van der Waals surface area contributed by atoms with E-state index >= 15 is 0 Å². The van der Waals surface area contributed by atoms with Crippen LogP contribution in [-0.2, 0) is 45.4 Å². The van der Waals surface area contributed by atoms with Crippen LogP contribution in [0.2, 0.25) is 0 Å². The van der Waals surface area contributed by atoms with E-state index in [0.717, 1.165) is 11.8 Å². The highest BCUT2D eigenvalue weighted by Crippen LogP contribution is 2.35. The lowest BCUT2D eigenvalue weighted by Gasteiger charge is -2.37. The molecule has 54 heavy (non-hydrogen) atoms. The minimum Gasteiger partial charge on any atom is -0.472 e. The first-order valence-electron chi connectivity index (χ1n) is 17.8. The van der Waals surface area contributed by atoms with Gasteiger partial charge in [-0.2, -0.15) is 0 Å². The van der Waals surface area contributed by atoms with E-state index < -0.39 is 82.0 Å². The number of benzene rings is 1. The molecule has 2 aliphatic heterocycles. The number of nitrogens with zero attached hydrogens (tertiary/aromatic N) is 2. The SMILES string of the molecule is C=C[C@H](I)[C@@](C)(NC(=O)[C@@H]1C[C@@H]2CN1C(=O)[C@H](C(C)(C)C)NC(=O)OCCCCCc1cc(S(C)(=O)=O)c3ccnc(c3c1)O2)C(=O)NS(=O)(=O)C1CC1. The van der Waals surface area contributed by atoms with Crippen LogP contribution in [0.5, 0.6) is 5.88 Å². The Hall–Kier alpha value is -3.52. The van der Waals surface area contributed by atoms with E-state index in [4.69, 9.17) is 9.47 Å². The summed E-state index contributed by atoms with van der Waals surface area (Å²) in [5, 5.41) is 5.57. The number of alkyl carbamates (subject to hydrolysis) is 1. The number of aromatic nitrogens is 1. The molecule has 3 heterocycles. The molecule has 2 fully saturated rings. The Bertz CT molecular complexity index is 2050. The number of nitrogens with one attached hydrogen (secondary N) is 3. The molecule has 0 spiro atoms. The summed E-state index contributed by atoms with van der Waals surface area (Å²) in [7, 11) is -7.66. The van der Waals surface area contributed by atoms with Crippen LogP contribution in [0.25, 0.3) is 10.8 Å². The van der Waals surface area contributed by atoms with Gasteiger partial charge in [-0.05, 0) is 74.6 Å². The smallest absolute Gasteiger partial charge is 0.407 e. The number of cyclic esters (lactones) is 1. The van der Waals surface area contributed by atoms with Gasteiger partial charge in [0.1, 0.15) is 23.7 Å². The number of hydrogen-bond donors (Lipinski definition) is 3. The Labute approximate surface area is 329 Å². The van der Waals surface area contributed by atoms with Crippen LogP contribution >= 0.6 is 22.6 Å². The van der Waals surface area contributed by atoms with Gasteiger partial charge >= 0.3 is 6.09 Å². The number of carbonyl (C=O) groups excluding carboxylic acids is 4. The number of halogens is 1. The molecular weight excluding hydrogens is 853 g/mol. The maximum Gasteiger partial charge on any atom is 0.407 e. The summed E-state index contributed by atoms with van der Waals surface area (Å²) >= 11 is 1.88. The minimum absolute atomic E-state index is 0.0831. The molecular formula is C36H48IN5O10S2. The lowest BCUT2D eigenvalue weighted by molar-refractivity contribution is -0.143. The molecule has 1 saturated carbocycles. The van der Waals surface area contributed by atoms with Crippen LogP contribution in [0.1, 0.15) is 71.8 Å². The number of rotatable bonds is 8. The molecule has 1 aromatic carbocycles. The fourth-order valence-corrected chi connectivity index (χ4v) is 9.40. The van der Waals surface area contributed by atoms with Gasteiger partial charge in [-0.3, -0.25) is 19.1 Å². The molecule has 0 radical (unpaired) electrons. The summed E-state index contributed by atoms with van der Waals surface area (Å²) in [5.74, 6) is -2.23. The standard InChI is InChI=1S/C36H48IN5O10S2/c1-7-28(37)36(5,33(45)41-54(49,50)23-12-13-23)40-30(43)26-19-22-20-42(26)32(44)29(35(2,3)4)39-34(46)51-16-10-8-9-11-21-17-25-24(14-15-38-31(25)52-22)27(18-21)53(6,47)48/h7,14-15,17-18,22-23,26,28-29H,1,8-13,16,19-20H2,2-6H3,(H,39,46)(H,40,43)(H,41,45)/t22-,26+,28+,29-,36-/m1/s1. The molecule has 5 rings (SSSR count). The maximum absolute atomic E-state index is 14.5. The number of fused-ring (bicyclic) bond motifs is 3. The van der Waals surface area contributed by atoms with Crippen LogP contribution in [0.3, 0.4) is 0 Å². The van der Waals surface area contributed by atoms with Crippen molar-refractivity contribution < 1.29 is 45.5 Å². The number of hydrogen-bond acceptors (Lipinski definition) is 11. The summed E-state index contributed by atoms with van der Waals surface area (Å²) in [6, 6.07) is 2.65. The van der Waals surface area contributed by atoms with Crippen molar-refractivity contribution in [3.05, 3.63) is 42.6 Å². The van der Waals surface area contributed by atoms with E-state index in [1.165, 1.54) is 24.1 Å². The van der Waals surface area contributed by atoms with Crippen LogP contribution in [0, 0.1) is 5.41 Å². The molecule has 4 amide bonds. The van der Waals surface area contributed by atoms with E-state index in [1.807, 2.05) is 28.7 Å². The quantitative estimate of drug-likeness (QED) is 0.199. The van der Waals surface area contributed by atoms with Crippen molar-refractivity contribution in [3.63, 3.8) is 0 Å². The number of sulfone groups is 1. The molecule has 0 unspecified atom stereocenters. The molecule has 18 heteroatoms. The van der Waals surface area contributed by atoms with Gasteiger partial charge in [0.2, 0.25) is 27.7 Å². The lowest BCUT2D eigenvalue weighted by atomic mass is 9.85. The van der Waals surface area contributed by atoms with Crippen molar-refractivity contribution in [3.8, 4) is 5.88 Å². The van der Waals surface area contributed by atoms with Gasteiger partial charge in [-0.15, -0.1) is 6.58 Å². The molecule has 3 aliphatic rings. The number of amides is 4. The zero-order valence-corrected chi connectivity index (χ0v) is 34.8. The number of pyridine rings is 1. The monoisotopic (exact) mass is 901 g/mol. The highest BCUT2D eigenvalue weighted by Gasteiger charge is 2.50. The van der Waals surface area contributed by atoms with Crippen LogP contribution in [-0.4, -0.2) is 103 Å². The van der Waals surface area contributed by atoms with Crippen molar-refractivity contribution >= 4 is 77.0 Å². The summed E-state index contributed by atoms with van der Waals surface area (Å²) in [6.45, 7) is 10.3. The second-order valence-electron chi connectivity index (χ2n) is 15.5. The summed E-state index contributed by atoms with van der Waals surface area (Å²) in [4.78, 5) is 61.4. The summed E-state index contributed by atoms with van der Waals surface area (Å²) in [6.07, 6.45) is 5.47. The van der Waals surface area contributed by atoms with Gasteiger partial charge in [-0.1, -0.05) is 49.4 Å². The van der Waals surface area contributed by atoms with Gasteiger partial charge in [0.05, 0.1) is 27.2 Å². The Morgan fingerprint density at radius 1 is 1.09 bits per heavy atom. The van der Waals surface area contributed by atoms with E-state index in [2.05, 4.69) is 26.9 Å². The molecule has 4 bridgehead atoms. The lowest BCUT2D eigenvalue weighted by Crippen LogP contribution is -2.65. The van der Waals surface area contributed by atoms with Gasteiger partial charge < -0.3 is 25.0 Å². The van der Waals surface area contributed by atoms with Crippen molar-refractivity contribution in [2.24, 2.45) is 5.41 Å². The topological polar surface area (TPSA) is 207 Å². The highest BCUT2D eigenvalue weighted by atomic mass is 127. The van der Waals surface area contributed by atoms with Gasteiger partial charge in [0, 0.05) is 29.6 Å². The van der Waals surface area contributed by atoms with Crippen LogP contribution in [0.15, 0.2) is 41.9 Å². The second kappa shape index (κ2) is 15.9. The Morgan fingerprint density at radius 3 is 2.43 bits per heavy atom. The number of ether oxygens (including phenoxy) is 2. The molecule has 5 atom stereocenters. The first-order valence-corrected chi connectivity index (χ1v) is 22.5. The zero-order chi connectivity index (χ0) is 39.8. The van der Waals surface area contributed by atoms with Crippen molar-refractivity contribution in [2.75, 3.05) is 19.4 Å². The second-order valence-corrected chi connectivity index (χ2v) is 20.7. The maximum atomic E-state index is 14.5. The Kier molecular flexibility index (Phi) is 12.3. The first-order chi connectivity index (χ1) is 25.2. The van der Waals surface area contributed by atoms with Gasteiger partial charge in [0.15, 0.2) is 9.84 Å². The van der Waals surface area contributed by atoms with E-state index in [-0.39, 0.29) is 30.3 Å². The predicted octanol–water partition coefficient (Wildman–Crippen LogP) is 3.33. The molecule has 296 valence electrons. The normalized spacial score (nSPS) is 23.5. The van der Waals surface area contributed by atoms with E-state index in [0.29, 0.717) is 49.3 Å². The Balaban J connectivity index is 1.56. The third-order valence-corrected chi connectivity index (χ3v) is 14.6. The molecule has 1 aromatic heterocycles. The summed E-state index contributed by atoms with van der Waals surface area (Å²) < 4.78 is 64.7. The number of aryl methyl sites for hydroxylation is 1. The predicted molar refractivity (Wildman–Crippen MR) is 209 cm³/mol. The third-order valence-electron chi connectivity index (χ3n) is 9.92. The van der Waals surface area contributed by atoms with Crippen molar-refractivity contribution in [1.82, 2.24) is 25.2 Å². The largest absolute Gasteiger partial charge is 0.472 e. The summed E-state index contributed by atoms with van der Waals surface area (Å²) in [5.41, 5.74) is -1.93. The number of alkyl halides is 1. The molecule has 1 saturated heterocycles. The third kappa shape index (κ3) is 9.29. The number of sulfonamides is 1. The van der Waals surface area contributed by atoms with Crippen molar-refractivity contribution in [1.29, 1.82) is 0 Å².